The molecule has 1 aromatic heterocycles. The quantitative estimate of drug-likeness (QED) is 0.792. The third-order valence-corrected chi connectivity index (χ3v) is 4.66. The molecular weight excluding hydrogens is 280 g/mol. The Morgan fingerprint density at radius 2 is 1.81 bits per heavy atom. The predicted molar refractivity (Wildman–Crippen MR) is 87.9 cm³/mol. The molecule has 2 heterocycles. The summed E-state index contributed by atoms with van der Waals surface area (Å²) in [4.78, 5) is 14.7. The molecular formula is C16H20N4S. The van der Waals surface area contributed by atoms with Crippen LogP contribution in [0, 0.1) is 0 Å². The Kier molecular flexibility index (Phi) is 5.08. The van der Waals surface area contributed by atoms with Crippen molar-refractivity contribution in [3.8, 4) is 0 Å². The van der Waals surface area contributed by atoms with Gasteiger partial charge in [0.1, 0.15) is 5.82 Å². The number of rotatable bonds is 5. The molecule has 1 saturated heterocycles. The van der Waals surface area contributed by atoms with Crippen molar-refractivity contribution in [2.24, 2.45) is 0 Å². The van der Waals surface area contributed by atoms with Gasteiger partial charge in [-0.05, 0) is 12.1 Å². The fraction of sp³-hybridized carbons (Fsp3) is 0.375. The maximum absolute atomic E-state index is 4.37. The van der Waals surface area contributed by atoms with Crippen LogP contribution in [0.3, 0.4) is 0 Å². The Bertz CT molecular complexity index is 524. The van der Waals surface area contributed by atoms with Crippen LogP contribution in [0.5, 0.6) is 0 Å². The molecule has 5 heteroatoms. The standard InChI is InChI=1S/C16H20N4S/c1-2-4-15(5-3-1)21-13-12-19-8-10-20(11-9-19)16-14-17-6-7-18-16/h1-7,14H,8-13H2. The van der Waals surface area contributed by atoms with E-state index in [-0.39, 0.29) is 0 Å². The summed E-state index contributed by atoms with van der Waals surface area (Å²) < 4.78 is 0. The summed E-state index contributed by atoms with van der Waals surface area (Å²) in [5.74, 6) is 2.14. The summed E-state index contributed by atoms with van der Waals surface area (Å²) in [6, 6.07) is 10.6. The van der Waals surface area contributed by atoms with Gasteiger partial charge in [0.2, 0.25) is 0 Å². The summed E-state index contributed by atoms with van der Waals surface area (Å²) in [6.07, 6.45) is 5.33. The van der Waals surface area contributed by atoms with Crippen molar-refractivity contribution >= 4 is 17.6 Å². The van der Waals surface area contributed by atoms with Crippen molar-refractivity contribution < 1.29 is 0 Å². The van der Waals surface area contributed by atoms with Crippen LogP contribution in [-0.2, 0) is 0 Å². The normalized spacial score (nSPS) is 16.1. The Morgan fingerprint density at radius 1 is 1.00 bits per heavy atom. The van der Waals surface area contributed by atoms with Crippen molar-refractivity contribution in [1.82, 2.24) is 14.9 Å². The SMILES string of the molecule is c1ccc(SCCN2CCN(c3cnccn3)CC2)cc1. The molecule has 0 saturated carbocycles. The molecule has 1 aliphatic rings. The number of benzene rings is 1. The van der Waals surface area contributed by atoms with Crippen LogP contribution in [0.1, 0.15) is 0 Å². The first-order valence-corrected chi connectivity index (χ1v) is 8.31. The van der Waals surface area contributed by atoms with E-state index in [0.717, 1.165) is 44.3 Å². The van der Waals surface area contributed by atoms with Gasteiger partial charge in [0.05, 0.1) is 6.20 Å². The molecule has 0 radical (unpaired) electrons. The minimum Gasteiger partial charge on any atom is -0.353 e. The number of hydrogen-bond donors (Lipinski definition) is 0. The lowest BCUT2D eigenvalue weighted by molar-refractivity contribution is 0.272. The maximum atomic E-state index is 4.37. The number of hydrogen-bond acceptors (Lipinski definition) is 5. The Morgan fingerprint density at radius 3 is 2.52 bits per heavy atom. The van der Waals surface area contributed by atoms with Crippen molar-refractivity contribution in [3.05, 3.63) is 48.9 Å². The van der Waals surface area contributed by atoms with E-state index in [0.29, 0.717) is 0 Å². The van der Waals surface area contributed by atoms with Gasteiger partial charge < -0.3 is 4.90 Å². The van der Waals surface area contributed by atoms with Gasteiger partial charge >= 0.3 is 0 Å². The third-order valence-electron chi connectivity index (χ3n) is 3.67. The average Bonchev–Trinajstić information content (AvgIpc) is 2.57. The van der Waals surface area contributed by atoms with E-state index in [1.165, 1.54) is 4.90 Å². The van der Waals surface area contributed by atoms with Gasteiger partial charge in [0.15, 0.2) is 0 Å². The lowest BCUT2D eigenvalue weighted by Gasteiger charge is -2.35. The Balaban J connectivity index is 1.40. The summed E-state index contributed by atoms with van der Waals surface area (Å²) in [7, 11) is 0. The number of thioether (sulfide) groups is 1. The molecule has 0 unspecified atom stereocenters. The molecule has 21 heavy (non-hydrogen) atoms. The minimum absolute atomic E-state index is 0.996. The molecule has 1 aromatic carbocycles. The molecule has 1 aliphatic heterocycles. The number of piperazine rings is 1. The van der Waals surface area contributed by atoms with Gasteiger partial charge in [-0.3, -0.25) is 9.88 Å². The zero-order valence-electron chi connectivity index (χ0n) is 12.1. The highest BCUT2D eigenvalue weighted by Crippen LogP contribution is 2.17. The van der Waals surface area contributed by atoms with Crippen LogP contribution in [0.2, 0.25) is 0 Å². The predicted octanol–water partition coefficient (Wildman–Crippen LogP) is 2.39. The van der Waals surface area contributed by atoms with E-state index in [4.69, 9.17) is 0 Å². The van der Waals surface area contributed by atoms with Gasteiger partial charge in [-0.15, -0.1) is 11.8 Å². The molecule has 3 rings (SSSR count). The molecule has 0 amide bonds. The van der Waals surface area contributed by atoms with Crippen LogP contribution >= 0.6 is 11.8 Å². The fourth-order valence-corrected chi connectivity index (χ4v) is 3.40. The van der Waals surface area contributed by atoms with E-state index >= 15 is 0 Å². The highest BCUT2D eigenvalue weighted by atomic mass is 32.2. The van der Waals surface area contributed by atoms with Crippen LogP contribution in [-0.4, -0.2) is 53.3 Å². The topological polar surface area (TPSA) is 32.3 Å². The molecule has 0 spiro atoms. The van der Waals surface area contributed by atoms with Gasteiger partial charge in [-0.25, -0.2) is 4.98 Å². The van der Waals surface area contributed by atoms with E-state index in [9.17, 15) is 0 Å². The van der Waals surface area contributed by atoms with Crippen molar-refractivity contribution in [2.45, 2.75) is 4.90 Å². The molecule has 0 bridgehead atoms. The molecule has 110 valence electrons. The largest absolute Gasteiger partial charge is 0.353 e. The number of nitrogens with zero attached hydrogens (tertiary/aromatic N) is 4. The lowest BCUT2D eigenvalue weighted by Crippen LogP contribution is -2.47. The van der Waals surface area contributed by atoms with Crippen LogP contribution < -0.4 is 4.90 Å². The molecule has 0 aliphatic carbocycles. The van der Waals surface area contributed by atoms with Crippen LogP contribution in [0.25, 0.3) is 0 Å². The number of aromatic nitrogens is 2. The summed E-state index contributed by atoms with van der Waals surface area (Å²) in [5.41, 5.74) is 0. The van der Waals surface area contributed by atoms with E-state index < -0.39 is 0 Å². The first kappa shape index (κ1) is 14.4. The summed E-state index contributed by atoms with van der Waals surface area (Å²) >= 11 is 1.93. The fourth-order valence-electron chi connectivity index (χ4n) is 2.46. The Labute approximate surface area is 130 Å². The van der Waals surface area contributed by atoms with Crippen molar-refractivity contribution in [3.63, 3.8) is 0 Å². The second-order valence-electron chi connectivity index (χ2n) is 5.05. The van der Waals surface area contributed by atoms with Crippen LogP contribution in [0.15, 0.2) is 53.8 Å². The highest BCUT2D eigenvalue weighted by molar-refractivity contribution is 7.99. The monoisotopic (exact) mass is 300 g/mol. The second kappa shape index (κ2) is 7.43. The van der Waals surface area contributed by atoms with Gasteiger partial charge in [-0.2, -0.15) is 0 Å². The number of anilines is 1. The van der Waals surface area contributed by atoms with Crippen molar-refractivity contribution in [1.29, 1.82) is 0 Å². The summed E-state index contributed by atoms with van der Waals surface area (Å²) in [6.45, 7) is 5.43. The molecule has 4 nitrogen and oxygen atoms in total. The highest BCUT2D eigenvalue weighted by Gasteiger charge is 2.17. The third kappa shape index (κ3) is 4.19. The van der Waals surface area contributed by atoms with E-state index in [1.54, 1.807) is 12.4 Å². The first-order chi connectivity index (χ1) is 10.4. The zero-order valence-corrected chi connectivity index (χ0v) is 12.9. The van der Waals surface area contributed by atoms with Gasteiger partial charge in [0.25, 0.3) is 0 Å². The molecule has 0 atom stereocenters. The summed E-state index contributed by atoms with van der Waals surface area (Å²) in [5, 5.41) is 0. The average molecular weight is 300 g/mol. The van der Waals surface area contributed by atoms with E-state index in [2.05, 4.69) is 50.1 Å². The molecule has 0 N–H and O–H groups in total. The van der Waals surface area contributed by atoms with E-state index in [1.807, 2.05) is 18.0 Å². The van der Waals surface area contributed by atoms with Crippen molar-refractivity contribution in [2.75, 3.05) is 43.4 Å². The zero-order chi connectivity index (χ0) is 14.3. The van der Waals surface area contributed by atoms with Gasteiger partial charge in [0, 0.05) is 55.8 Å². The first-order valence-electron chi connectivity index (χ1n) is 7.33. The minimum atomic E-state index is 0.996. The molecule has 1 fully saturated rings. The molecule has 2 aromatic rings. The second-order valence-corrected chi connectivity index (χ2v) is 6.22. The van der Waals surface area contributed by atoms with Crippen LogP contribution in [0.4, 0.5) is 5.82 Å². The maximum Gasteiger partial charge on any atom is 0.147 e. The smallest absolute Gasteiger partial charge is 0.147 e. The lowest BCUT2D eigenvalue weighted by atomic mass is 10.3. The Hall–Kier alpha value is -1.59. The van der Waals surface area contributed by atoms with Gasteiger partial charge in [-0.1, -0.05) is 18.2 Å².